The third-order valence-electron chi connectivity index (χ3n) is 2.48. The zero-order valence-corrected chi connectivity index (χ0v) is 9.33. The van der Waals surface area contributed by atoms with Gasteiger partial charge in [0.15, 0.2) is 0 Å². The molecule has 6 nitrogen and oxygen atoms in total. The van der Waals surface area contributed by atoms with Crippen LogP contribution in [0.4, 0.5) is 5.69 Å². The molecule has 0 saturated carbocycles. The molecule has 2 heterocycles. The fourth-order valence-electron chi connectivity index (χ4n) is 1.55. The zero-order valence-electron chi connectivity index (χ0n) is 9.33. The van der Waals surface area contributed by atoms with Gasteiger partial charge in [-0.05, 0) is 0 Å². The Kier molecular flexibility index (Phi) is 3.53. The van der Waals surface area contributed by atoms with Gasteiger partial charge in [-0.25, -0.2) is 0 Å². The van der Waals surface area contributed by atoms with Crippen molar-refractivity contribution in [2.24, 2.45) is 4.99 Å². The van der Waals surface area contributed by atoms with Gasteiger partial charge in [0, 0.05) is 13.2 Å². The topological polar surface area (TPSA) is 62.9 Å². The quantitative estimate of drug-likeness (QED) is 0.768. The highest BCUT2D eigenvalue weighted by molar-refractivity contribution is 5.98. The molecule has 0 bridgehead atoms. The van der Waals surface area contributed by atoms with Crippen molar-refractivity contribution in [3.05, 3.63) is 12.4 Å². The minimum absolute atomic E-state index is 0.0922. The molecular weight excluding hydrogens is 208 g/mol. The maximum atomic E-state index is 8.80. The normalized spacial score (nSPS) is 16.0. The smallest absolute Gasteiger partial charge is 0.130 e. The second-order valence-electron chi connectivity index (χ2n) is 3.59. The molecule has 0 spiro atoms. The Bertz CT molecular complexity index is 375. The SMILES string of the molecule is CN(C1=NCCOC1)c1cnn(CCO)c1. The molecule has 0 atom stereocenters. The number of nitrogens with zero attached hydrogens (tertiary/aromatic N) is 4. The van der Waals surface area contributed by atoms with E-state index >= 15 is 0 Å². The van der Waals surface area contributed by atoms with Crippen molar-refractivity contribution in [1.29, 1.82) is 0 Å². The number of anilines is 1. The van der Waals surface area contributed by atoms with Crippen LogP contribution in [0.5, 0.6) is 0 Å². The van der Waals surface area contributed by atoms with Crippen molar-refractivity contribution in [3.8, 4) is 0 Å². The highest BCUT2D eigenvalue weighted by Gasteiger charge is 2.13. The summed E-state index contributed by atoms with van der Waals surface area (Å²) in [7, 11) is 1.94. The number of rotatable bonds is 3. The first-order valence-electron chi connectivity index (χ1n) is 5.29. The third-order valence-corrected chi connectivity index (χ3v) is 2.48. The summed E-state index contributed by atoms with van der Waals surface area (Å²) in [6, 6.07) is 0. The van der Waals surface area contributed by atoms with E-state index in [9.17, 15) is 0 Å². The first-order chi connectivity index (χ1) is 7.81. The van der Waals surface area contributed by atoms with E-state index in [0.717, 1.165) is 11.5 Å². The molecule has 16 heavy (non-hydrogen) atoms. The number of aromatic nitrogens is 2. The highest BCUT2D eigenvalue weighted by Crippen LogP contribution is 2.12. The molecule has 0 unspecified atom stereocenters. The standard InChI is InChI=1S/C10H16N4O2/c1-13(10-8-16-5-2-11-10)9-6-12-14(7-9)3-4-15/h6-7,15H,2-5,8H2,1H3. The maximum absolute atomic E-state index is 8.80. The average molecular weight is 224 g/mol. The van der Waals surface area contributed by atoms with E-state index in [1.807, 2.05) is 18.1 Å². The molecule has 1 N–H and O–H groups in total. The average Bonchev–Trinajstić information content (AvgIpc) is 2.78. The Labute approximate surface area is 94.2 Å². The number of amidine groups is 1. The second-order valence-corrected chi connectivity index (χ2v) is 3.59. The van der Waals surface area contributed by atoms with Crippen LogP contribution in [0.25, 0.3) is 0 Å². The Morgan fingerprint density at radius 2 is 2.50 bits per heavy atom. The molecule has 0 radical (unpaired) electrons. The molecule has 1 aromatic heterocycles. The summed E-state index contributed by atoms with van der Waals surface area (Å²) in [4.78, 5) is 6.35. The Morgan fingerprint density at radius 3 is 3.19 bits per heavy atom. The molecule has 88 valence electrons. The molecular formula is C10H16N4O2. The Hall–Kier alpha value is -1.40. The van der Waals surface area contributed by atoms with Crippen LogP contribution in [0.3, 0.4) is 0 Å². The molecule has 0 aliphatic carbocycles. The monoisotopic (exact) mass is 224 g/mol. The first-order valence-corrected chi connectivity index (χ1v) is 5.29. The van der Waals surface area contributed by atoms with E-state index < -0.39 is 0 Å². The van der Waals surface area contributed by atoms with Crippen molar-refractivity contribution in [1.82, 2.24) is 9.78 Å². The lowest BCUT2D eigenvalue weighted by atomic mass is 10.4. The van der Waals surface area contributed by atoms with Gasteiger partial charge in [-0.15, -0.1) is 0 Å². The van der Waals surface area contributed by atoms with Crippen LogP contribution < -0.4 is 4.90 Å². The van der Waals surface area contributed by atoms with Crippen LogP contribution in [-0.4, -0.2) is 54.1 Å². The fraction of sp³-hybridized carbons (Fsp3) is 0.600. The molecule has 0 saturated heterocycles. The molecule has 0 fully saturated rings. The largest absolute Gasteiger partial charge is 0.394 e. The number of hydrogen-bond donors (Lipinski definition) is 1. The van der Waals surface area contributed by atoms with Gasteiger partial charge in [0.1, 0.15) is 12.4 Å². The summed E-state index contributed by atoms with van der Waals surface area (Å²) >= 11 is 0. The molecule has 6 heteroatoms. The lowest BCUT2D eigenvalue weighted by Gasteiger charge is -2.22. The molecule has 2 rings (SSSR count). The molecule has 0 amide bonds. The van der Waals surface area contributed by atoms with Crippen LogP contribution >= 0.6 is 0 Å². The summed E-state index contributed by atoms with van der Waals surface area (Å²) in [5.41, 5.74) is 0.956. The molecule has 0 aromatic carbocycles. The number of hydrogen-bond acceptors (Lipinski definition) is 5. The van der Waals surface area contributed by atoms with E-state index in [1.54, 1.807) is 10.9 Å². The van der Waals surface area contributed by atoms with Crippen LogP contribution in [-0.2, 0) is 11.3 Å². The van der Waals surface area contributed by atoms with Gasteiger partial charge >= 0.3 is 0 Å². The van der Waals surface area contributed by atoms with Gasteiger partial charge in [-0.2, -0.15) is 5.10 Å². The van der Waals surface area contributed by atoms with E-state index in [4.69, 9.17) is 9.84 Å². The minimum atomic E-state index is 0.0922. The first kappa shape index (κ1) is 11.1. The van der Waals surface area contributed by atoms with Gasteiger partial charge in [0.05, 0.1) is 38.2 Å². The zero-order chi connectivity index (χ0) is 11.4. The fourth-order valence-corrected chi connectivity index (χ4v) is 1.55. The van der Waals surface area contributed by atoms with E-state index in [1.165, 1.54) is 0 Å². The Balaban J connectivity index is 2.07. The summed E-state index contributed by atoms with van der Waals surface area (Å²) in [6.07, 6.45) is 3.64. The number of ether oxygens (including phenoxy) is 1. The van der Waals surface area contributed by atoms with Gasteiger partial charge < -0.3 is 14.7 Å². The van der Waals surface area contributed by atoms with Crippen molar-refractivity contribution in [2.75, 3.05) is 38.3 Å². The van der Waals surface area contributed by atoms with Gasteiger partial charge in [-0.1, -0.05) is 0 Å². The third kappa shape index (κ3) is 2.40. The highest BCUT2D eigenvalue weighted by atomic mass is 16.5. The van der Waals surface area contributed by atoms with Gasteiger partial charge in [0.25, 0.3) is 0 Å². The summed E-state index contributed by atoms with van der Waals surface area (Å²) in [6.45, 7) is 2.55. The van der Waals surface area contributed by atoms with Crippen LogP contribution in [0.2, 0.25) is 0 Å². The lowest BCUT2D eigenvalue weighted by Crippen LogP contribution is -2.33. The summed E-state index contributed by atoms with van der Waals surface area (Å²) in [5.74, 6) is 0.912. The predicted octanol–water partition coefficient (Wildman–Crippen LogP) is -0.260. The maximum Gasteiger partial charge on any atom is 0.130 e. The minimum Gasteiger partial charge on any atom is -0.394 e. The lowest BCUT2D eigenvalue weighted by molar-refractivity contribution is 0.170. The number of likely N-dealkylation sites (N-methyl/N-ethyl adjacent to an activating group) is 1. The number of aliphatic hydroxyl groups excluding tert-OH is 1. The van der Waals surface area contributed by atoms with Gasteiger partial charge in [-0.3, -0.25) is 9.67 Å². The molecule has 1 aliphatic rings. The van der Waals surface area contributed by atoms with Crippen molar-refractivity contribution >= 4 is 11.5 Å². The van der Waals surface area contributed by atoms with Crippen molar-refractivity contribution < 1.29 is 9.84 Å². The van der Waals surface area contributed by atoms with Crippen molar-refractivity contribution in [2.45, 2.75) is 6.54 Å². The van der Waals surface area contributed by atoms with Crippen LogP contribution in [0, 0.1) is 0 Å². The molecule has 1 aromatic rings. The number of aliphatic imine (C=N–C) groups is 1. The van der Waals surface area contributed by atoms with Gasteiger partial charge in [0.2, 0.25) is 0 Å². The van der Waals surface area contributed by atoms with E-state index in [-0.39, 0.29) is 6.61 Å². The summed E-state index contributed by atoms with van der Waals surface area (Å²) < 4.78 is 7.04. The summed E-state index contributed by atoms with van der Waals surface area (Å²) in [5, 5.41) is 12.9. The van der Waals surface area contributed by atoms with Crippen molar-refractivity contribution in [3.63, 3.8) is 0 Å². The van der Waals surface area contributed by atoms with E-state index in [2.05, 4.69) is 10.1 Å². The van der Waals surface area contributed by atoms with Crippen LogP contribution in [0.1, 0.15) is 0 Å². The second kappa shape index (κ2) is 5.09. The number of aliphatic hydroxyl groups is 1. The van der Waals surface area contributed by atoms with Crippen LogP contribution in [0.15, 0.2) is 17.4 Å². The van der Waals surface area contributed by atoms with E-state index in [0.29, 0.717) is 26.3 Å². The Morgan fingerprint density at radius 1 is 1.62 bits per heavy atom. The predicted molar refractivity (Wildman–Crippen MR) is 60.8 cm³/mol. The molecule has 1 aliphatic heterocycles.